The van der Waals surface area contributed by atoms with Crippen molar-refractivity contribution < 1.29 is 13.9 Å². The van der Waals surface area contributed by atoms with E-state index in [9.17, 15) is 9.18 Å². The van der Waals surface area contributed by atoms with Gasteiger partial charge in [-0.15, -0.1) is 0 Å². The standard InChI is InChI=1S/C17H16FN5O2/c1-11(25-14-5-3-4-13(18)8-14)17(24)22-15-9-16(21-10-20-15)23-7-6-19-12(23)2/h3-11H,1-2H3,(H,20,21,22,24). The number of ether oxygens (including phenoxy) is 1. The monoisotopic (exact) mass is 341 g/mol. The van der Waals surface area contributed by atoms with Gasteiger partial charge >= 0.3 is 0 Å². The van der Waals surface area contributed by atoms with Gasteiger partial charge in [-0.25, -0.2) is 19.3 Å². The molecule has 1 aromatic carbocycles. The number of hydrogen-bond donors (Lipinski definition) is 1. The van der Waals surface area contributed by atoms with E-state index in [4.69, 9.17) is 4.74 Å². The van der Waals surface area contributed by atoms with Crippen LogP contribution in [0.5, 0.6) is 5.75 Å². The Kier molecular flexibility index (Phi) is 4.69. The van der Waals surface area contributed by atoms with Gasteiger partial charge in [0.15, 0.2) is 6.10 Å². The van der Waals surface area contributed by atoms with E-state index in [1.165, 1.54) is 24.5 Å². The zero-order chi connectivity index (χ0) is 17.8. The fourth-order valence-corrected chi connectivity index (χ4v) is 2.19. The highest BCUT2D eigenvalue weighted by molar-refractivity contribution is 5.93. The second-order valence-corrected chi connectivity index (χ2v) is 5.31. The highest BCUT2D eigenvalue weighted by Crippen LogP contribution is 2.15. The molecular weight excluding hydrogens is 325 g/mol. The number of nitrogens with one attached hydrogen (secondary N) is 1. The number of aromatic nitrogens is 4. The van der Waals surface area contributed by atoms with E-state index >= 15 is 0 Å². The van der Waals surface area contributed by atoms with Crippen LogP contribution < -0.4 is 10.1 Å². The van der Waals surface area contributed by atoms with Gasteiger partial charge in [-0.05, 0) is 26.0 Å². The molecule has 7 nitrogen and oxygen atoms in total. The molecule has 2 aromatic heterocycles. The Bertz CT molecular complexity index is 896. The van der Waals surface area contributed by atoms with E-state index in [0.717, 1.165) is 5.82 Å². The Balaban J connectivity index is 1.69. The van der Waals surface area contributed by atoms with Crippen LogP contribution in [0, 0.1) is 12.7 Å². The van der Waals surface area contributed by atoms with Crippen LogP contribution in [0.25, 0.3) is 5.82 Å². The zero-order valence-electron chi connectivity index (χ0n) is 13.7. The number of rotatable bonds is 5. The fourth-order valence-electron chi connectivity index (χ4n) is 2.19. The van der Waals surface area contributed by atoms with Crippen molar-refractivity contribution in [2.75, 3.05) is 5.32 Å². The highest BCUT2D eigenvalue weighted by Gasteiger charge is 2.16. The van der Waals surface area contributed by atoms with Gasteiger partial charge in [0.2, 0.25) is 0 Å². The van der Waals surface area contributed by atoms with Gasteiger partial charge in [-0.3, -0.25) is 9.36 Å². The molecule has 0 aliphatic carbocycles. The molecule has 3 aromatic rings. The lowest BCUT2D eigenvalue weighted by Crippen LogP contribution is -2.30. The number of hydrogen-bond acceptors (Lipinski definition) is 5. The summed E-state index contributed by atoms with van der Waals surface area (Å²) in [7, 11) is 0. The molecule has 1 amide bonds. The molecule has 0 saturated heterocycles. The molecule has 2 heterocycles. The van der Waals surface area contributed by atoms with Crippen molar-refractivity contribution in [3.05, 3.63) is 60.7 Å². The number of amides is 1. The van der Waals surface area contributed by atoms with Crippen LogP contribution in [0.4, 0.5) is 10.2 Å². The molecular formula is C17H16FN5O2. The maximum atomic E-state index is 13.2. The van der Waals surface area contributed by atoms with Crippen molar-refractivity contribution >= 4 is 11.7 Å². The van der Waals surface area contributed by atoms with Gasteiger partial charge in [0, 0.05) is 24.5 Å². The molecule has 25 heavy (non-hydrogen) atoms. The third-order valence-electron chi connectivity index (χ3n) is 3.45. The van der Waals surface area contributed by atoms with E-state index in [0.29, 0.717) is 11.6 Å². The van der Waals surface area contributed by atoms with Crippen molar-refractivity contribution in [2.45, 2.75) is 20.0 Å². The minimum Gasteiger partial charge on any atom is -0.481 e. The number of anilines is 1. The molecule has 0 aliphatic rings. The van der Waals surface area contributed by atoms with Gasteiger partial charge < -0.3 is 10.1 Å². The summed E-state index contributed by atoms with van der Waals surface area (Å²) in [6.07, 6.45) is 3.95. The van der Waals surface area contributed by atoms with Gasteiger partial charge in [-0.1, -0.05) is 6.07 Å². The SMILES string of the molecule is Cc1nccn1-c1cc(NC(=O)C(C)Oc2cccc(F)c2)ncn1. The molecule has 1 atom stereocenters. The predicted molar refractivity (Wildman–Crippen MR) is 89.0 cm³/mol. The number of nitrogens with zero attached hydrogens (tertiary/aromatic N) is 4. The molecule has 0 aliphatic heterocycles. The summed E-state index contributed by atoms with van der Waals surface area (Å²) in [5.41, 5.74) is 0. The molecule has 3 rings (SSSR count). The summed E-state index contributed by atoms with van der Waals surface area (Å²) >= 11 is 0. The van der Waals surface area contributed by atoms with Crippen molar-refractivity contribution in [3.8, 4) is 11.6 Å². The second kappa shape index (κ2) is 7.08. The maximum absolute atomic E-state index is 13.2. The zero-order valence-corrected chi connectivity index (χ0v) is 13.7. The third kappa shape index (κ3) is 3.97. The summed E-state index contributed by atoms with van der Waals surface area (Å²) in [6.45, 7) is 3.41. The summed E-state index contributed by atoms with van der Waals surface area (Å²) < 4.78 is 20.4. The third-order valence-corrected chi connectivity index (χ3v) is 3.45. The normalized spacial score (nSPS) is 11.8. The number of carbonyl (C=O) groups excluding carboxylic acids is 1. The average molecular weight is 341 g/mol. The largest absolute Gasteiger partial charge is 0.481 e. The Morgan fingerprint density at radius 2 is 2.12 bits per heavy atom. The number of aryl methyl sites for hydroxylation is 1. The average Bonchev–Trinajstić information content (AvgIpc) is 3.01. The van der Waals surface area contributed by atoms with E-state index < -0.39 is 17.8 Å². The first-order valence-corrected chi connectivity index (χ1v) is 7.58. The summed E-state index contributed by atoms with van der Waals surface area (Å²) in [5, 5.41) is 2.66. The number of benzene rings is 1. The molecule has 0 spiro atoms. The van der Waals surface area contributed by atoms with Crippen LogP contribution in [0.1, 0.15) is 12.7 Å². The lowest BCUT2D eigenvalue weighted by molar-refractivity contribution is -0.122. The number of halogens is 1. The minimum absolute atomic E-state index is 0.278. The van der Waals surface area contributed by atoms with Crippen LogP contribution >= 0.6 is 0 Å². The van der Waals surface area contributed by atoms with Gasteiger partial charge in [-0.2, -0.15) is 0 Å². The van der Waals surface area contributed by atoms with Gasteiger partial charge in [0.05, 0.1) is 0 Å². The minimum atomic E-state index is -0.824. The van der Waals surface area contributed by atoms with Crippen molar-refractivity contribution in [1.82, 2.24) is 19.5 Å². The smallest absolute Gasteiger partial charge is 0.266 e. The van der Waals surface area contributed by atoms with E-state index in [2.05, 4.69) is 20.3 Å². The Hall–Kier alpha value is -3.29. The molecule has 0 fully saturated rings. The maximum Gasteiger partial charge on any atom is 0.266 e. The number of carbonyl (C=O) groups is 1. The lowest BCUT2D eigenvalue weighted by atomic mass is 10.3. The lowest BCUT2D eigenvalue weighted by Gasteiger charge is -2.14. The number of imidazole rings is 1. The molecule has 128 valence electrons. The van der Waals surface area contributed by atoms with Gasteiger partial charge in [0.25, 0.3) is 5.91 Å². The summed E-state index contributed by atoms with van der Waals surface area (Å²) in [4.78, 5) is 24.6. The molecule has 0 radical (unpaired) electrons. The Morgan fingerprint density at radius 1 is 1.28 bits per heavy atom. The Morgan fingerprint density at radius 3 is 2.84 bits per heavy atom. The topological polar surface area (TPSA) is 81.9 Å². The highest BCUT2D eigenvalue weighted by atomic mass is 19.1. The molecule has 0 bridgehead atoms. The predicted octanol–water partition coefficient (Wildman–Crippen LogP) is 2.52. The van der Waals surface area contributed by atoms with Crippen molar-refractivity contribution in [2.24, 2.45) is 0 Å². The second-order valence-electron chi connectivity index (χ2n) is 5.31. The van der Waals surface area contributed by atoms with Crippen LogP contribution in [0.2, 0.25) is 0 Å². The Labute approximate surface area is 143 Å². The molecule has 1 N–H and O–H groups in total. The van der Waals surface area contributed by atoms with Crippen LogP contribution in [-0.2, 0) is 4.79 Å². The van der Waals surface area contributed by atoms with Crippen LogP contribution in [-0.4, -0.2) is 31.5 Å². The van der Waals surface area contributed by atoms with Gasteiger partial charge in [0.1, 0.15) is 35.4 Å². The molecule has 8 heteroatoms. The van der Waals surface area contributed by atoms with Crippen LogP contribution in [0.3, 0.4) is 0 Å². The van der Waals surface area contributed by atoms with Crippen LogP contribution in [0.15, 0.2) is 49.1 Å². The summed E-state index contributed by atoms with van der Waals surface area (Å²) in [6, 6.07) is 7.24. The first-order chi connectivity index (χ1) is 12.0. The van der Waals surface area contributed by atoms with E-state index in [-0.39, 0.29) is 5.75 Å². The first kappa shape index (κ1) is 16.6. The molecule has 0 saturated carbocycles. The van der Waals surface area contributed by atoms with Crippen molar-refractivity contribution in [3.63, 3.8) is 0 Å². The van der Waals surface area contributed by atoms with E-state index in [1.807, 2.05) is 6.92 Å². The fraction of sp³-hybridized carbons (Fsp3) is 0.176. The summed E-state index contributed by atoms with van der Waals surface area (Å²) in [5.74, 6) is 1.12. The van der Waals surface area contributed by atoms with Crippen molar-refractivity contribution in [1.29, 1.82) is 0 Å². The first-order valence-electron chi connectivity index (χ1n) is 7.58. The quantitative estimate of drug-likeness (QED) is 0.771. The molecule has 1 unspecified atom stereocenters. The van der Waals surface area contributed by atoms with E-state index in [1.54, 1.807) is 36.0 Å².